The normalized spacial score (nSPS) is 21.2. The molecule has 1 heterocycles. The van der Waals surface area contributed by atoms with Gasteiger partial charge in [-0.3, -0.25) is 9.59 Å². The van der Waals surface area contributed by atoms with Crippen LogP contribution in [0.2, 0.25) is 0 Å². The number of ketones is 2. The SMILES string of the molecule is O=C1C=C(O)[C@@H](C2=CC(=O)c3c(O)cccc3C2=O)O1. The number of Topliss-reactive ketones (excluding diaryl/α,β-unsaturated/α-hetero) is 1. The van der Waals surface area contributed by atoms with E-state index in [9.17, 15) is 24.6 Å². The molecule has 0 unspecified atom stereocenters. The number of rotatable bonds is 1. The van der Waals surface area contributed by atoms with E-state index < -0.39 is 29.4 Å². The summed E-state index contributed by atoms with van der Waals surface area (Å²) in [6.07, 6.45) is 0.549. The van der Waals surface area contributed by atoms with Crippen LogP contribution in [0.15, 0.2) is 41.7 Å². The van der Waals surface area contributed by atoms with Crippen LogP contribution < -0.4 is 0 Å². The number of carbonyl (C=O) groups is 3. The van der Waals surface area contributed by atoms with Crippen LogP contribution >= 0.6 is 0 Å². The summed E-state index contributed by atoms with van der Waals surface area (Å²) in [6.45, 7) is 0. The van der Waals surface area contributed by atoms with Gasteiger partial charge in [-0.05, 0) is 12.1 Å². The van der Waals surface area contributed by atoms with Gasteiger partial charge in [-0.1, -0.05) is 12.1 Å². The minimum Gasteiger partial charge on any atom is -0.508 e. The third-order valence-electron chi connectivity index (χ3n) is 3.13. The van der Waals surface area contributed by atoms with Crippen molar-refractivity contribution in [3.8, 4) is 5.75 Å². The van der Waals surface area contributed by atoms with Crippen molar-refractivity contribution in [3.63, 3.8) is 0 Å². The van der Waals surface area contributed by atoms with Crippen LogP contribution in [-0.4, -0.2) is 33.9 Å². The van der Waals surface area contributed by atoms with Gasteiger partial charge in [-0.15, -0.1) is 0 Å². The predicted molar refractivity (Wildman–Crippen MR) is 65.4 cm³/mol. The largest absolute Gasteiger partial charge is 0.508 e. The van der Waals surface area contributed by atoms with Crippen LogP contribution in [-0.2, 0) is 9.53 Å². The number of ether oxygens (including phenoxy) is 1. The zero-order valence-electron chi connectivity index (χ0n) is 9.99. The summed E-state index contributed by atoms with van der Waals surface area (Å²) in [4.78, 5) is 35.3. The molecule has 0 spiro atoms. The second-order valence-corrected chi connectivity index (χ2v) is 4.38. The molecule has 6 heteroatoms. The van der Waals surface area contributed by atoms with E-state index in [2.05, 4.69) is 0 Å². The first-order chi connectivity index (χ1) is 9.49. The summed E-state index contributed by atoms with van der Waals surface area (Å²) in [5.74, 6) is -2.65. The van der Waals surface area contributed by atoms with Gasteiger partial charge in [0.05, 0.1) is 17.2 Å². The molecule has 2 aliphatic rings. The summed E-state index contributed by atoms with van der Waals surface area (Å²) < 4.78 is 4.79. The van der Waals surface area contributed by atoms with Gasteiger partial charge in [-0.2, -0.15) is 0 Å². The van der Waals surface area contributed by atoms with E-state index in [-0.39, 0.29) is 22.4 Å². The van der Waals surface area contributed by atoms with Crippen molar-refractivity contribution in [1.29, 1.82) is 0 Å². The fourth-order valence-corrected chi connectivity index (χ4v) is 2.25. The standard InChI is InChI=1S/C14H8O6/c15-8-3-1-2-6-12(8)9(16)4-7(13(6)19)14-10(17)5-11(18)20-14/h1-5,14-15,17H/t14-/m1/s1. The summed E-state index contributed by atoms with van der Waals surface area (Å²) in [5.41, 5.74) is -0.204. The fourth-order valence-electron chi connectivity index (χ4n) is 2.25. The first-order valence-corrected chi connectivity index (χ1v) is 5.73. The molecule has 2 N–H and O–H groups in total. The van der Waals surface area contributed by atoms with Crippen molar-refractivity contribution in [2.75, 3.05) is 0 Å². The van der Waals surface area contributed by atoms with Crippen molar-refractivity contribution in [2.45, 2.75) is 6.10 Å². The maximum Gasteiger partial charge on any atom is 0.335 e. The molecule has 1 aromatic rings. The maximum atomic E-state index is 12.3. The number of allylic oxidation sites excluding steroid dienone is 1. The number of aliphatic hydroxyl groups is 1. The van der Waals surface area contributed by atoms with Gasteiger partial charge in [0.1, 0.15) is 11.5 Å². The number of fused-ring (bicyclic) bond motifs is 1. The Kier molecular flexibility index (Phi) is 2.47. The number of benzene rings is 1. The Balaban J connectivity index is 2.10. The van der Waals surface area contributed by atoms with E-state index in [1.54, 1.807) is 0 Å². The number of phenolic OH excluding ortho intramolecular Hbond substituents is 1. The molecule has 6 nitrogen and oxygen atoms in total. The second kappa shape index (κ2) is 4.06. The number of phenols is 1. The lowest BCUT2D eigenvalue weighted by molar-refractivity contribution is -0.137. The maximum absolute atomic E-state index is 12.3. The molecule has 3 rings (SSSR count). The Morgan fingerprint density at radius 3 is 2.45 bits per heavy atom. The Morgan fingerprint density at radius 1 is 1.05 bits per heavy atom. The smallest absolute Gasteiger partial charge is 0.335 e. The molecular formula is C14H8O6. The second-order valence-electron chi connectivity index (χ2n) is 4.38. The molecule has 0 saturated heterocycles. The molecular weight excluding hydrogens is 264 g/mol. The molecule has 0 amide bonds. The number of hydrogen-bond acceptors (Lipinski definition) is 6. The fraction of sp³-hybridized carbons (Fsp3) is 0.0714. The number of hydrogen-bond donors (Lipinski definition) is 2. The van der Waals surface area contributed by atoms with Gasteiger partial charge in [0.2, 0.25) is 0 Å². The third-order valence-corrected chi connectivity index (χ3v) is 3.13. The molecule has 1 atom stereocenters. The summed E-state index contributed by atoms with van der Waals surface area (Å²) in [7, 11) is 0. The number of aromatic hydroxyl groups is 1. The molecule has 20 heavy (non-hydrogen) atoms. The van der Waals surface area contributed by atoms with Gasteiger partial charge in [0.25, 0.3) is 0 Å². The van der Waals surface area contributed by atoms with Crippen LogP contribution in [0.3, 0.4) is 0 Å². The third kappa shape index (κ3) is 1.62. The first kappa shape index (κ1) is 12.2. The van der Waals surface area contributed by atoms with Crippen LogP contribution in [0.4, 0.5) is 0 Å². The van der Waals surface area contributed by atoms with E-state index in [1.165, 1.54) is 18.2 Å². The highest BCUT2D eigenvalue weighted by atomic mass is 16.6. The molecule has 0 bridgehead atoms. The van der Waals surface area contributed by atoms with Crippen molar-refractivity contribution >= 4 is 17.5 Å². The van der Waals surface area contributed by atoms with Gasteiger partial charge in [-0.25, -0.2) is 4.79 Å². The highest BCUT2D eigenvalue weighted by Gasteiger charge is 2.38. The Morgan fingerprint density at radius 2 is 1.80 bits per heavy atom. The summed E-state index contributed by atoms with van der Waals surface area (Å²) in [6, 6.07) is 4.12. The lowest BCUT2D eigenvalue weighted by atomic mass is 9.86. The van der Waals surface area contributed by atoms with Crippen molar-refractivity contribution in [1.82, 2.24) is 0 Å². The number of cyclic esters (lactones) is 1. The quantitative estimate of drug-likeness (QED) is 0.741. The summed E-state index contributed by atoms with van der Waals surface area (Å²) in [5, 5.41) is 19.2. The van der Waals surface area contributed by atoms with Gasteiger partial charge < -0.3 is 14.9 Å². The molecule has 0 aromatic heterocycles. The minimum atomic E-state index is -1.27. The zero-order valence-corrected chi connectivity index (χ0v) is 9.99. The Hall–Kier alpha value is -2.89. The monoisotopic (exact) mass is 272 g/mol. The molecule has 1 aliphatic heterocycles. The van der Waals surface area contributed by atoms with Crippen molar-refractivity contribution in [3.05, 3.63) is 52.8 Å². The minimum absolute atomic E-state index is 0.0169. The number of esters is 1. The summed E-state index contributed by atoms with van der Waals surface area (Å²) >= 11 is 0. The lowest BCUT2D eigenvalue weighted by Gasteiger charge is -2.19. The van der Waals surface area contributed by atoms with Gasteiger partial charge in [0.15, 0.2) is 17.7 Å². The van der Waals surface area contributed by atoms with Gasteiger partial charge in [0, 0.05) is 5.56 Å². The van der Waals surface area contributed by atoms with Gasteiger partial charge >= 0.3 is 5.97 Å². The average Bonchev–Trinajstić information content (AvgIpc) is 2.72. The van der Waals surface area contributed by atoms with E-state index >= 15 is 0 Å². The highest BCUT2D eigenvalue weighted by molar-refractivity contribution is 6.26. The average molecular weight is 272 g/mol. The van der Waals surface area contributed by atoms with E-state index in [1.807, 2.05) is 0 Å². The molecule has 0 radical (unpaired) electrons. The first-order valence-electron chi connectivity index (χ1n) is 5.73. The van der Waals surface area contributed by atoms with Crippen LogP contribution in [0.5, 0.6) is 5.75 Å². The molecule has 1 aromatic carbocycles. The van der Waals surface area contributed by atoms with E-state index in [4.69, 9.17) is 4.74 Å². The Bertz CT molecular complexity index is 725. The molecule has 0 saturated carbocycles. The van der Waals surface area contributed by atoms with Crippen molar-refractivity contribution < 1.29 is 29.3 Å². The Labute approximate surface area is 112 Å². The van der Waals surface area contributed by atoms with Crippen LogP contribution in [0.1, 0.15) is 20.7 Å². The zero-order chi connectivity index (χ0) is 14.4. The van der Waals surface area contributed by atoms with Crippen LogP contribution in [0, 0.1) is 0 Å². The van der Waals surface area contributed by atoms with Crippen molar-refractivity contribution in [2.24, 2.45) is 0 Å². The number of aliphatic hydroxyl groups excluding tert-OH is 1. The topological polar surface area (TPSA) is 101 Å². The molecule has 0 fully saturated rings. The predicted octanol–water partition coefficient (Wildman–Crippen LogP) is 1.06. The molecule has 1 aliphatic carbocycles. The van der Waals surface area contributed by atoms with Crippen LogP contribution in [0.25, 0.3) is 0 Å². The lowest BCUT2D eigenvalue weighted by Crippen LogP contribution is -2.27. The van der Waals surface area contributed by atoms with E-state index in [0.29, 0.717) is 0 Å². The number of carbonyl (C=O) groups excluding carboxylic acids is 3. The molecule has 100 valence electrons. The van der Waals surface area contributed by atoms with E-state index in [0.717, 1.165) is 12.2 Å². The highest BCUT2D eigenvalue weighted by Crippen LogP contribution is 2.32.